The number of hydrogen-bond donors (Lipinski definition) is 3. The van der Waals surface area contributed by atoms with E-state index in [0.717, 1.165) is 22.3 Å². The summed E-state index contributed by atoms with van der Waals surface area (Å²) in [6.07, 6.45) is -0.237. The summed E-state index contributed by atoms with van der Waals surface area (Å²) in [5.41, 5.74) is 5.34. The number of carboxylic acids is 1. The molecule has 35 heavy (non-hydrogen) atoms. The molecular weight excluding hydrogens is 448 g/mol. The third kappa shape index (κ3) is 5.34. The van der Waals surface area contributed by atoms with Gasteiger partial charge < -0.3 is 20.5 Å². The fourth-order valence-electron chi connectivity index (χ4n) is 4.41. The van der Waals surface area contributed by atoms with Gasteiger partial charge in [0.25, 0.3) is 5.91 Å². The van der Waals surface area contributed by atoms with Crippen molar-refractivity contribution in [3.05, 3.63) is 77.1 Å². The summed E-state index contributed by atoms with van der Waals surface area (Å²) in [7, 11) is 1.61. The number of hydrogen-bond acceptors (Lipinski definition) is 5. The van der Waals surface area contributed by atoms with Crippen LogP contribution in [-0.2, 0) is 23.1 Å². The number of aromatic nitrogens is 2. The van der Waals surface area contributed by atoms with Crippen LogP contribution in [0.3, 0.4) is 0 Å². The Bertz CT molecular complexity index is 1210. The highest BCUT2D eigenvalue weighted by Gasteiger charge is 2.29. The van der Waals surface area contributed by atoms with Gasteiger partial charge in [0.05, 0.1) is 18.7 Å². The predicted molar refractivity (Wildman–Crippen MR) is 129 cm³/mol. The van der Waals surface area contributed by atoms with Crippen LogP contribution in [0.2, 0.25) is 0 Å². The summed E-state index contributed by atoms with van der Waals surface area (Å²) in [5, 5.41) is 18.6. The van der Waals surface area contributed by atoms with Gasteiger partial charge in [0.15, 0.2) is 0 Å². The fourth-order valence-corrected chi connectivity index (χ4v) is 4.41. The van der Waals surface area contributed by atoms with Crippen LogP contribution < -0.4 is 10.6 Å². The number of alkyl carbamates (subject to hydrolysis) is 1. The van der Waals surface area contributed by atoms with Crippen molar-refractivity contribution in [2.24, 2.45) is 7.05 Å². The minimum atomic E-state index is -0.977. The lowest BCUT2D eigenvalue weighted by Crippen LogP contribution is -2.36. The topological polar surface area (TPSA) is 123 Å². The molecular formula is C26H28N4O5. The third-order valence-corrected chi connectivity index (χ3v) is 6.17. The van der Waals surface area contributed by atoms with Crippen LogP contribution in [0.4, 0.5) is 4.79 Å². The van der Waals surface area contributed by atoms with E-state index in [9.17, 15) is 14.4 Å². The van der Waals surface area contributed by atoms with Gasteiger partial charge in [0, 0.05) is 19.0 Å². The largest absolute Gasteiger partial charge is 0.481 e. The van der Waals surface area contributed by atoms with Gasteiger partial charge in [-0.3, -0.25) is 14.3 Å². The van der Waals surface area contributed by atoms with Gasteiger partial charge in [0.1, 0.15) is 12.3 Å². The summed E-state index contributed by atoms with van der Waals surface area (Å²) in [5.74, 6) is -1.42. The average Bonchev–Trinajstić information content (AvgIpc) is 3.38. The van der Waals surface area contributed by atoms with Gasteiger partial charge in [-0.15, -0.1) is 0 Å². The Balaban J connectivity index is 1.33. The number of nitrogens with one attached hydrogen (secondary N) is 2. The van der Waals surface area contributed by atoms with E-state index in [1.807, 2.05) is 24.3 Å². The number of fused-ring (bicyclic) bond motifs is 3. The van der Waals surface area contributed by atoms with Crippen molar-refractivity contribution < 1.29 is 24.2 Å². The minimum Gasteiger partial charge on any atom is -0.481 e. The Kier molecular flexibility index (Phi) is 7.14. The number of nitrogens with zero attached hydrogens (tertiary/aromatic N) is 2. The highest BCUT2D eigenvalue weighted by atomic mass is 16.5. The number of carbonyl (C=O) groups excluding carboxylic acids is 2. The monoisotopic (exact) mass is 476 g/mol. The van der Waals surface area contributed by atoms with Crippen molar-refractivity contribution in [3.8, 4) is 11.1 Å². The zero-order chi connectivity index (χ0) is 24.9. The quantitative estimate of drug-likeness (QED) is 0.435. The number of aliphatic carboxylic acids is 1. The SMILES string of the molecule is CCC(CC(=O)O)NC(=O)c1cc(CNC(=O)OCC2c3ccccc3-c3ccccc32)nn1C. The fraction of sp³-hybridized carbons (Fsp3) is 0.308. The average molecular weight is 477 g/mol. The number of carbonyl (C=O) groups is 3. The molecule has 0 radical (unpaired) electrons. The maximum absolute atomic E-state index is 12.5. The lowest BCUT2D eigenvalue weighted by atomic mass is 9.98. The first kappa shape index (κ1) is 24.0. The third-order valence-electron chi connectivity index (χ3n) is 6.17. The molecule has 1 aliphatic rings. The molecule has 3 aromatic rings. The molecule has 9 heteroatoms. The summed E-state index contributed by atoms with van der Waals surface area (Å²) in [6.45, 7) is 2.10. The number of ether oxygens (including phenoxy) is 1. The Morgan fingerprint density at radius 2 is 1.71 bits per heavy atom. The first-order valence-corrected chi connectivity index (χ1v) is 11.5. The van der Waals surface area contributed by atoms with Gasteiger partial charge in [0.2, 0.25) is 0 Å². The zero-order valence-corrected chi connectivity index (χ0v) is 19.7. The van der Waals surface area contributed by atoms with Crippen LogP contribution in [0.5, 0.6) is 0 Å². The number of aryl methyl sites for hydroxylation is 1. The molecule has 1 aliphatic carbocycles. The van der Waals surface area contributed by atoms with E-state index in [4.69, 9.17) is 9.84 Å². The molecule has 4 rings (SSSR count). The second-order valence-electron chi connectivity index (χ2n) is 8.50. The molecule has 1 heterocycles. The molecule has 182 valence electrons. The lowest BCUT2D eigenvalue weighted by Gasteiger charge is -2.14. The van der Waals surface area contributed by atoms with Crippen LogP contribution >= 0.6 is 0 Å². The lowest BCUT2D eigenvalue weighted by molar-refractivity contribution is -0.137. The van der Waals surface area contributed by atoms with Crippen LogP contribution in [0.1, 0.15) is 53.0 Å². The van der Waals surface area contributed by atoms with Crippen molar-refractivity contribution in [1.82, 2.24) is 20.4 Å². The maximum atomic E-state index is 12.5. The number of carboxylic acid groups (broad SMARTS) is 1. The van der Waals surface area contributed by atoms with E-state index in [-0.39, 0.29) is 31.2 Å². The van der Waals surface area contributed by atoms with Crippen molar-refractivity contribution in [2.75, 3.05) is 6.61 Å². The Morgan fingerprint density at radius 1 is 1.09 bits per heavy atom. The van der Waals surface area contributed by atoms with E-state index >= 15 is 0 Å². The first-order chi connectivity index (χ1) is 16.9. The molecule has 3 N–H and O–H groups in total. The van der Waals surface area contributed by atoms with Crippen LogP contribution in [-0.4, -0.2) is 45.5 Å². The minimum absolute atomic E-state index is 0.0318. The molecule has 0 fully saturated rings. The van der Waals surface area contributed by atoms with Gasteiger partial charge >= 0.3 is 12.1 Å². The molecule has 0 saturated carbocycles. The van der Waals surface area contributed by atoms with E-state index < -0.39 is 24.0 Å². The molecule has 2 amide bonds. The highest BCUT2D eigenvalue weighted by molar-refractivity contribution is 5.93. The molecule has 0 aliphatic heterocycles. The second-order valence-corrected chi connectivity index (χ2v) is 8.50. The van der Waals surface area contributed by atoms with E-state index in [1.165, 1.54) is 4.68 Å². The van der Waals surface area contributed by atoms with Crippen LogP contribution in [0, 0.1) is 0 Å². The van der Waals surface area contributed by atoms with E-state index in [1.54, 1.807) is 20.0 Å². The van der Waals surface area contributed by atoms with Gasteiger partial charge in [-0.2, -0.15) is 5.10 Å². The first-order valence-electron chi connectivity index (χ1n) is 11.5. The summed E-state index contributed by atoms with van der Waals surface area (Å²) in [6, 6.07) is 17.3. The van der Waals surface area contributed by atoms with Gasteiger partial charge in [-0.25, -0.2) is 4.79 Å². The van der Waals surface area contributed by atoms with Gasteiger partial charge in [-0.05, 0) is 34.7 Å². The number of rotatable bonds is 9. The standard InChI is InChI=1S/C26H28N4O5/c1-3-16(13-24(31)32)28-25(33)23-12-17(29-30(23)2)14-27-26(34)35-15-22-20-10-6-4-8-18(20)19-9-5-7-11-21(19)22/h4-12,16,22H,3,13-15H2,1-2H3,(H,27,34)(H,28,33)(H,31,32). The van der Waals surface area contributed by atoms with Crippen molar-refractivity contribution >= 4 is 18.0 Å². The Labute approximate surface area is 203 Å². The molecule has 2 aromatic carbocycles. The Hall–Kier alpha value is -4.14. The summed E-state index contributed by atoms with van der Waals surface area (Å²) in [4.78, 5) is 35.9. The molecule has 1 atom stereocenters. The molecule has 9 nitrogen and oxygen atoms in total. The maximum Gasteiger partial charge on any atom is 0.407 e. The summed E-state index contributed by atoms with van der Waals surface area (Å²) >= 11 is 0. The number of benzene rings is 2. The van der Waals surface area contributed by atoms with Crippen molar-refractivity contribution in [2.45, 2.75) is 38.3 Å². The molecule has 0 bridgehead atoms. The van der Waals surface area contributed by atoms with Crippen molar-refractivity contribution in [3.63, 3.8) is 0 Å². The molecule has 1 aromatic heterocycles. The van der Waals surface area contributed by atoms with Crippen LogP contribution in [0.25, 0.3) is 11.1 Å². The normalized spacial score (nSPS) is 13.0. The second kappa shape index (κ2) is 10.4. The molecule has 1 unspecified atom stereocenters. The van der Waals surface area contributed by atoms with E-state index in [0.29, 0.717) is 12.1 Å². The predicted octanol–water partition coefficient (Wildman–Crippen LogP) is 3.44. The molecule has 0 spiro atoms. The highest BCUT2D eigenvalue weighted by Crippen LogP contribution is 2.44. The smallest absolute Gasteiger partial charge is 0.407 e. The van der Waals surface area contributed by atoms with Crippen LogP contribution in [0.15, 0.2) is 54.6 Å². The summed E-state index contributed by atoms with van der Waals surface area (Å²) < 4.78 is 6.93. The van der Waals surface area contributed by atoms with Crippen molar-refractivity contribution in [1.29, 1.82) is 0 Å². The Morgan fingerprint density at radius 3 is 2.31 bits per heavy atom. The van der Waals surface area contributed by atoms with Gasteiger partial charge in [-0.1, -0.05) is 55.5 Å². The van der Waals surface area contributed by atoms with E-state index in [2.05, 4.69) is 40.0 Å². The molecule has 0 saturated heterocycles. The zero-order valence-electron chi connectivity index (χ0n) is 19.7. The number of amides is 2.